The summed E-state index contributed by atoms with van der Waals surface area (Å²) in [4.78, 5) is 31.9. The molecule has 0 N–H and O–H groups in total. The molecule has 7 heteroatoms. The van der Waals surface area contributed by atoms with Crippen molar-refractivity contribution in [2.75, 3.05) is 7.11 Å². The fraction of sp³-hybridized carbons (Fsp3) is 0.217. The minimum absolute atomic E-state index is 0.186. The van der Waals surface area contributed by atoms with E-state index in [1.807, 2.05) is 0 Å². The van der Waals surface area contributed by atoms with Crippen molar-refractivity contribution in [1.29, 1.82) is 0 Å². The van der Waals surface area contributed by atoms with E-state index >= 15 is 0 Å². The van der Waals surface area contributed by atoms with Gasteiger partial charge in [0.15, 0.2) is 5.78 Å². The van der Waals surface area contributed by atoms with Gasteiger partial charge in [0.2, 0.25) is 0 Å². The molecule has 30 heavy (non-hydrogen) atoms. The van der Waals surface area contributed by atoms with Crippen LogP contribution < -0.4 is 0 Å². The van der Waals surface area contributed by atoms with Gasteiger partial charge in [-0.2, -0.15) is 0 Å². The topological polar surface area (TPSA) is 69.2 Å². The van der Waals surface area contributed by atoms with Crippen LogP contribution in [-0.2, 0) is 16.0 Å². The molecule has 0 fully saturated rings. The second-order valence-corrected chi connectivity index (χ2v) is 6.91. The first-order valence-electron chi connectivity index (χ1n) is 9.23. The number of benzene rings is 2. The predicted molar refractivity (Wildman–Crippen MR) is 108 cm³/mol. The van der Waals surface area contributed by atoms with Crippen molar-refractivity contribution in [3.63, 3.8) is 0 Å². The van der Waals surface area contributed by atoms with Crippen LogP contribution >= 0.6 is 0 Å². The number of carbonyl (C=O) groups is 2. The quantitative estimate of drug-likeness (QED) is 0.453. The Morgan fingerprint density at radius 2 is 1.50 bits per heavy atom. The smallest absolute Gasteiger partial charge is 0.309 e. The number of halogens is 2. The Hall–Kier alpha value is -3.48. The molecule has 0 aliphatic heterocycles. The van der Waals surface area contributed by atoms with Crippen LogP contribution in [0.3, 0.4) is 0 Å². The summed E-state index contributed by atoms with van der Waals surface area (Å²) < 4.78 is 33.7. The third kappa shape index (κ3) is 4.25. The van der Waals surface area contributed by atoms with Crippen LogP contribution in [0.5, 0.6) is 0 Å². The van der Waals surface area contributed by atoms with Gasteiger partial charge in [0.05, 0.1) is 36.2 Å². The third-order valence-electron chi connectivity index (χ3n) is 4.70. The molecule has 0 amide bonds. The number of ether oxygens (including phenoxy) is 1. The molecule has 0 bridgehead atoms. The first-order chi connectivity index (χ1) is 14.2. The van der Waals surface area contributed by atoms with E-state index in [1.165, 1.54) is 14.0 Å². The van der Waals surface area contributed by atoms with Crippen molar-refractivity contribution in [3.05, 3.63) is 70.7 Å². The molecular weight excluding hydrogens is 390 g/mol. The molecule has 0 aliphatic rings. The van der Waals surface area contributed by atoms with Crippen molar-refractivity contribution in [1.82, 2.24) is 9.97 Å². The molecule has 2 aromatic carbocycles. The van der Waals surface area contributed by atoms with Crippen molar-refractivity contribution < 1.29 is 23.1 Å². The standard InChI is InChI=1S/C23H20F2N2O3/c1-12-22(14(3)28)27-23(13(2)26-12)17-7-5-16(6-8-17)21-18(24)9-15(10-19(21)25)11-20(29)30-4/h5-10H,11H2,1-4H3. The monoisotopic (exact) mass is 410 g/mol. The number of hydrogen-bond donors (Lipinski definition) is 0. The van der Waals surface area contributed by atoms with Gasteiger partial charge in [0, 0.05) is 12.5 Å². The van der Waals surface area contributed by atoms with Crippen LogP contribution in [0.15, 0.2) is 36.4 Å². The lowest BCUT2D eigenvalue weighted by Crippen LogP contribution is -2.06. The predicted octanol–water partition coefficient (Wildman–Crippen LogP) is 4.62. The fourth-order valence-corrected chi connectivity index (χ4v) is 3.28. The van der Waals surface area contributed by atoms with E-state index in [-0.39, 0.29) is 29.0 Å². The van der Waals surface area contributed by atoms with Crippen LogP contribution in [0.25, 0.3) is 22.4 Å². The number of esters is 1. The third-order valence-corrected chi connectivity index (χ3v) is 4.70. The normalized spacial score (nSPS) is 10.7. The van der Waals surface area contributed by atoms with Crippen LogP contribution in [-0.4, -0.2) is 28.8 Å². The Bertz CT molecular complexity index is 1120. The van der Waals surface area contributed by atoms with Gasteiger partial charge in [-0.25, -0.2) is 13.8 Å². The van der Waals surface area contributed by atoms with E-state index in [0.717, 1.165) is 12.1 Å². The molecule has 0 atom stereocenters. The highest BCUT2D eigenvalue weighted by molar-refractivity contribution is 5.93. The maximum absolute atomic E-state index is 14.6. The zero-order chi connectivity index (χ0) is 22.0. The molecule has 5 nitrogen and oxygen atoms in total. The van der Waals surface area contributed by atoms with Gasteiger partial charge in [-0.3, -0.25) is 14.6 Å². The highest BCUT2D eigenvalue weighted by Crippen LogP contribution is 2.30. The summed E-state index contributed by atoms with van der Waals surface area (Å²) in [6, 6.07) is 8.74. The van der Waals surface area contributed by atoms with Gasteiger partial charge in [-0.1, -0.05) is 24.3 Å². The summed E-state index contributed by atoms with van der Waals surface area (Å²) in [7, 11) is 1.21. The second kappa shape index (κ2) is 8.49. The fourth-order valence-electron chi connectivity index (χ4n) is 3.28. The SMILES string of the molecule is COC(=O)Cc1cc(F)c(-c2ccc(-c3nc(C(C)=O)c(C)nc3C)cc2)c(F)c1. The van der Waals surface area contributed by atoms with Crippen LogP contribution in [0, 0.1) is 25.5 Å². The highest BCUT2D eigenvalue weighted by atomic mass is 19.1. The summed E-state index contributed by atoms with van der Waals surface area (Å²) >= 11 is 0. The number of rotatable bonds is 5. The zero-order valence-corrected chi connectivity index (χ0v) is 17.0. The molecular formula is C23H20F2N2O3. The number of aromatic nitrogens is 2. The summed E-state index contributed by atoms with van der Waals surface area (Å²) in [5.74, 6) is -2.31. The molecule has 0 saturated heterocycles. The van der Waals surface area contributed by atoms with E-state index in [9.17, 15) is 18.4 Å². The molecule has 154 valence electrons. The zero-order valence-electron chi connectivity index (χ0n) is 17.0. The number of methoxy groups -OCH3 is 1. The minimum atomic E-state index is -0.771. The van der Waals surface area contributed by atoms with Crippen molar-refractivity contribution >= 4 is 11.8 Å². The van der Waals surface area contributed by atoms with Gasteiger partial charge < -0.3 is 4.74 Å². The molecule has 3 aromatic rings. The Balaban J connectivity index is 1.98. The van der Waals surface area contributed by atoms with E-state index in [4.69, 9.17) is 0 Å². The Labute approximate surface area is 172 Å². The summed E-state index contributed by atoms with van der Waals surface area (Å²) in [5, 5.41) is 0. The Morgan fingerprint density at radius 1 is 0.933 bits per heavy atom. The number of nitrogens with zero attached hydrogens (tertiary/aromatic N) is 2. The molecule has 0 unspecified atom stereocenters. The van der Waals surface area contributed by atoms with Gasteiger partial charge >= 0.3 is 5.97 Å². The van der Waals surface area contributed by atoms with Gasteiger partial charge in [-0.05, 0) is 37.1 Å². The van der Waals surface area contributed by atoms with E-state index in [2.05, 4.69) is 14.7 Å². The van der Waals surface area contributed by atoms with Crippen molar-refractivity contribution in [2.24, 2.45) is 0 Å². The molecule has 1 aromatic heterocycles. The van der Waals surface area contributed by atoms with Crippen LogP contribution in [0.4, 0.5) is 8.78 Å². The maximum atomic E-state index is 14.6. The molecule has 1 heterocycles. The Morgan fingerprint density at radius 3 is 2.03 bits per heavy atom. The summed E-state index contributed by atoms with van der Waals surface area (Å²) in [6.45, 7) is 4.93. The van der Waals surface area contributed by atoms with Crippen LogP contribution in [0.2, 0.25) is 0 Å². The van der Waals surface area contributed by atoms with Crippen LogP contribution in [0.1, 0.15) is 34.4 Å². The maximum Gasteiger partial charge on any atom is 0.309 e. The van der Waals surface area contributed by atoms with Crippen molar-refractivity contribution in [2.45, 2.75) is 27.2 Å². The van der Waals surface area contributed by atoms with Crippen molar-refractivity contribution in [3.8, 4) is 22.4 Å². The van der Waals surface area contributed by atoms with Gasteiger partial charge in [-0.15, -0.1) is 0 Å². The first kappa shape index (κ1) is 21.2. The number of Topliss-reactive ketones (excluding diaryl/α,β-unsaturated/α-hetero) is 1. The first-order valence-corrected chi connectivity index (χ1v) is 9.23. The summed E-state index contributed by atoms with van der Waals surface area (Å²) in [5.41, 5.74) is 3.04. The molecule has 0 saturated carbocycles. The largest absolute Gasteiger partial charge is 0.469 e. The molecule has 0 radical (unpaired) electrons. The second-order valence-electron chi connectivity index (χ2n) is 6.91. The molecule has 3 rings (SSSR count). The summed E-state index contributed by atoms with van der Waals surface area (Å²) in [6.07, 6.45) is -0.215. The van der Waals surface area contributed by atoms with Gasteiger partial charge in [0.25, 0.3) is 0 Å². The molecule has 0 spiro atoms. The lowest BCUT2D eigenvalue weighted by Gasteiger charge is -2.11. The van der Waals surface area contributed by atoms with E-state index in [1.54, 1.807) is 38.1 Å². The average Bonchev–Trinajstić information content (AvgIpc) is 2.68. The van der Waals surface area contributed by atoms with Gasteiger partial charge in [0.1, 0.15) is 17.3 Å². The lowest BCUT2D eigenvalue weighted by molar-refractivity contribution is -0.139. The lowest BCUT2D eigenvalue weighted by atomic mass is 9.99. The molecule has 0 aliphatic carbocycles. The number of carbonyl (C=O) groups excluding carboxylic acids is 2. The van der Waals surface area contributed by atoms with E-state index in [0.29, 0.717) is 28.2 Å². The minimum Gasteiger partial charge on any atom is -0.469 e. The number of hydrogen-bond acceptors (Lipinski definition) is 5. The average molecular weight is 410 g/mol. The highest BCUT2D eigenvalue weighted by Gasteiger charge is 2.17. The number of aryl methyl sites for hydroxylation is 2. The van der Waals surface area contributed by atoms with E-state index < -0.39 is 17.6 Å². The number of ketones is 1. The Kier molecular flexibility index (Phi) is 6.01.